The minimum Gasteiger partial charge on any atom is -0.445 e. The van der Waals surface area contributed by atoms with Gasteiger partial charge in [0.25, 0.3) is 5.91 Å². The first-order chi connectivity index (χ1) is 11.5. The molecular formula is C16H17N3O3S2. The normalized spacial score (nSPS) is 19.5. The lowest BCUT2D eigenvalue weighted by atomic mass is 9.89. The third-order valence-corrected chi connectivity index (χ3v) is 5.80. The van der Waals surface area contributed by atoms with Crippen molar-refractivity contribution in [3.8, 4) is 0 Å². The molecule has 2 heterocycles. The summed E-state index contributed by atoms with van der Waals surface area (Å²) >= 11 is 2.92. The average Bonchev–Trinajstić information content (AvgIpc) is 3.00. The lowest BCUT2D eigenvalue weighted by molar-refractivity contribution is -0.134. The van der Waals surface area contributed by atoms with E-state index < -0.39 is 17.5 Å². The molecule has 126 valence electrons. The number of rotatable bonds is 5. The molecule has 1 aromatic carbocycles. The van der Waals surface area contributed by atoms with Crippen LogP contribution in [0.15, 0.2) is 28.6 Å². The number of aromatic nitrogens is 2. The number of benzene rings is 1. The standard InChI is InChI=1S/C16H17N3O3S2/c1-3-8-23-15-19-18-14(24-15)17-13(21)16(2)9-10-6-4-5-7-11(10)12(20)22-16/h4-7H,3,8-9H2,1-2H3,(H,17,18,21). The van der Waals surface area contributed by atoms with Gasteiger partial charge in [-0.2, -0.15) is 0 Å². The second-order valence-electron chi connectivity index (χ2n) is 5.63. The predicted octanol–water partition coefficient (Wildman–Crippen LogP) is 3.15. The molecular weight excluding hydrogens is 346 g/mol. The maximum absolute atomic E-state index is 12.6. The van der Waals surface area contributed by atoms with Crippen LogP contribution >= 0.6 is 23.1 Å². The smallest absolute Gasteiger partial charge is 0.339 e. The Kier molecular flexibility index (Phi) is 4.86. The molecule has 1 aliphatic rings. The number of carbonyl (C=O) groups excluding carboxylic acids is 2. The highest BCUT2D eigenvalue weighted by molar-refractivity contribution is 8.01. The number of carbonyl (C=O) groups is 2. The molecule has 0 saturated heterocycles. The van der Waals surface area contributed by atoms with E-state index in [9.17, 15) is 9.59 Å². The molecule has 0 bridgehead atoms. The van der Waals surface area contributed by atoms with Crippen molar-refractivity contribution in [1.82, 2.24) is 10.2 Å². The SMILES string of the molecule is CCCSc1nnc(NC(=O)C2(C)Cc3ccccc3C(=O)O2)s1. The van der Waals surface area contributed by atoms with Crippen molar-refractivity contribution < 1.29 is 14.3 Å². The number of fused-ring (bicyclic) bond motifs is 1. The Morgan fingerprint density at radius 2 is 2.21 bits per heavy atom. The summed E-state index contributed by atoms with van der Waals surface area (Å²) in [5.41, 5.74) is 0.0631. The van der Waals surface area contributed by atoms with E-state index in [1.54, 1.807) is 30.8 Å². The van der Waals surface area contributed by atoms with Crippen LogP contribution in [0.3, 0.4) is 0 Å². The van der Waals surface area contributed by atoms with E-state index in [1.165, 1.54) is 11.3 Å². The van der Waals surface area contributed by atoms with Crippen LogP contribution in [0, 0.1) is 0 Å². The minimum atomic E-state index is -1.26. The molecule has 1 unspecified atom stereocenters. The molecule has 1 aromatic heterocycles. The molecule has 0 fully saturated rings. The first kappa shape index (κ1) is 16.9. The van der Waals surface area contributed by atoms with Gasteiger partial charge in [-0.25, -0.2) is 4.79 Å². The van der Waals surface area contributed by atoms with Gasteiger partial charge >= 0.3 is 5.97 Å². The number of anilines is 1. The van der Waals surface area contributed by atoms with Crippen molar-refractivity contribution >= 4 is 40.1 Å². The number of hydrogen-bond donors (Lipinski definition) is 1. The number of cyclic esters (lactones) is 1. The highest BCUT2D eigenvalue weighted by Gasteiger charge is 2.42. The lowest BCUT2D eigenvalue weighted by Crippen LogP contribution is -2.48. The molecule has 1 N–H and O–H groups in total. The zero-order chi connectivity index (χ0) is 17.2. The van der Waals surface area contributed by atoms with E-state index in [4.69, 9.17) is 4.74 Å². The number of ether oxygens (including phenoxy) is 1. The van der Waals surface area contributed by atoms with E-state index in [0.717, 1.165) is 22.1 Å². The zero-order valence-electron chi connectivity index (χ0n) is 13.4. The minimum absolute atomic E-state index is 0.330. The zero-order valence-corrected chi connectivity index (χ0v) is 15.0. The van der Waals surface area contributed by atoms with Gasteiger partial charge in [-0.3, -0.25) is 10.1 Å². The molecule has 1 atom stereocenters. The van der Waals surface area contributed by atoms with Gasteiger partial charge in [-0.15, -0.1) is 10.2 Å². The average molecular weight is 363 g/mol. The fraction of sp³-hybridized carbons (Fsp3) is 0.375. The Balaban J connectivity index is 1.73. The van der Waals surface area contributed by atoms with Gasteiger partial charge in [0.2, 0.25) is 5.13 Å². The van der Waals surface area contributed by atoms with Gasteiger partial charge < -0.3 is 4.74 Å². The van der Waals surface area contributed by atoms with Gasteiger partial charge in [-0.05, 0) is 25.0 Å². The monoisotopic (exact) mass is 363 g/mol. The first-order valence-electron chi connectivity index (χ1n) is 7.61. The summed E-state index contributed by atoms with van der Waals surface area (Å²) < 4.78 is 6.21. The molecule has 1 amide bonds. The predicted molar refractivity (Wildman–Crippen MR) is 93.5 cm³/mol. The molecule has 6 nitrogen and oxygen atoms in total. The summed E-state index contributed by atoms with van der Waals surface area (Å²) in [6, 6.07) is 7.17. The summed E-state index contributed by atoms with van der Waals surface area (Å²) in [6.45, 7) is 3.71. The van der Waals surface area contributed by atoms with Crippen LogP contribution in [0.1, 0.15) is 36.2 Å². The summed E-state index contributed by atoms with van der Waals surface area (Å²) in [5.74, 6) is 0.0776. The maximum atomic E-state index is 12.6. The van der Waals surface area contributed by atoms with Crippen molar-refractivity contribution in [3.63, 3.8) is 0 Å². The molecule has 0 saturated carbocycles. The molecule has 2 aromatic rings. The summed E-state index contributed by atoms with van der Waals surface area (Å²) in [6.07, 6.45) is 1.37. The fourth-order valence-electron chi connectivity index (χ4n) is 2.40. The van der Waals surface area contributed by atoms with E-state index in [0.29, 0.717) is 17.1 Å². The fourth-order valence-corrected chi connectivity index (χ4v) is 4.07. The summed E-state index contributed by atoms with van der Waals surface area (Å²) in [4.78, 5) is 24.8. The second kappa shape index (κ2) is 6.90. The Hall–Kier alpha value is -1.93. The molecule has 3 rings (SSSR count). The van der Waals surface area contributed by atoms with Crippen LogP contribution < -0.4 is 5.32 Å². The molecule has 1 aliphatic heterocycles. The van der Waals surface area contributed by atoms with Crippen molar-refractivity contribution in [2.45, 2.75) is 36.6 Å². The number of esters is 1. The Labute approximate surface area is 148 Å². The van der Waals surface area contributed by atoms with Gasteiger partial charge in [0, 0.05) is 12.2 Å². The van der Waals surface area contributed by atoms with Crippen LogP contribution in [-0.2, 0) is 16.0 Å². The lowest BCUT2D eigenvalue weighted by Gasteiger charge is -2.32. The number of nitrogens with one attached hydrogen (secondary N) is 1. The summed E-state index contributed by atoms with van der Waals surface area (Å²) in [7, 11) is 0. The molecule has 8 heteroatoms. The Morgan fingerprint density at radius 3 is 3.00 bits per heavy atom. The molecule has 0 spiro atoms. The van der Waals surface area contributed by atoms with Crippen LogP contribution in [0.4, 0.5) is 5.13 Å². The highest BCUT2D eigenvalue weighted by Crippen LogP contribution is 2.31. The van der Waals surface area contributed by atoms with Crippen LogP contribution in [0.2, 0.25) is 0 Å². The Bertz CT molecular complexity index is 777. The molecule has 0 aliphatic carbocycles. The van der Waals surface area contributed by atoms with E-state index >= 15 is 0 Å². The highest BCUT2D eigenvalue weighted by atomic mass is 32.2. The summed E-state index contributed by atoms with van der Waals surface area (Å²) in [5, 5.41) is 11.1. The number of thioether (sulfide) groups is 1. The van der Waals surface area contributed by atoms with Crippen LogP contribution in [0.5, 0.6) is 0 Å². The molecule has 0 radical (unpaired) electrons. The maximum Gasteiger partial charge on any atom is 0.339 e. The Morgan fingerprint density at radius 1 is 1.42 bits per heavy atom. The first-order valence-corrected chi connectivity index (χ1v) is 9.41. The van der Waals surface area contributed by atoms with Crippen molar-refractivity contribution in [1.29, 1.82) is 0 Å². The van der Waals surface area contributed by atoms with E-state index in [-0.39, 0.29) is 0 Å². The number of hydrogen-bond acceptors (Lipinski definition) is 7. The van der Waals surface area contributed by atoms with Gasteiger partial charge in [0.1, 0.15) is 0 Å². The van der Waals surface area contributed by atoms with Gasteiger partial charge in [0.15, 0.2) is 9.94 Å². The van der Waals surface area contributed by atoms with Gasteiger partial charge in [0.05, 0.1) is 5.56 Å². The topological polar surface area (TPSA) is 81.2 Å². The molecule has 24 heavy (non-hydrogen) atoms. The van der Waals surface area contributed by atoms with Crippen molar-refractivity contribution in [2.75, 3.05) is 11.1 Å². The van der Waals surface area contributed by atoms with Gasteiger partial charge in [-0.1, -0.05) is 48.2 Å². The van der Waals surface area contributed by atoms with Crippen molar-refractivity contribution in [3.05, 3.63) is 35.4 Å². The van der Waals surface area contributed by atoms with Crippen LogP contribution in [-0.4, -0.2) is 33.4 Å². The second-order valence-corrected chi connectivity index (χ2v) is 7.95. The third kappa shape index (κ3) is 3.44. The quantitative estimate of drug-likeness (QED) is 0.499. The number of nitrogens with zero attached hydrogens (tertiary/aromatic N) is 2. The van der Waals surface area contributed by atoms with Crippen LogP contribution in [0.25, 0.3) is 0 Å². The van der Waals surface area contributed by atoms with Crippen molar-refractivity contribution in [2.24, 2.45) is 0 Å². The largest absolute Gasteiger partial charge is 0.445 e. The van der Waals surface area contributed by atoms with E-state index in [2.05, 4.69) is 22.4 Å². The third-order valence-electron chi connectivity index (χ3n) is 3.62. The van der Waals surface area contributed by atoms with E-state index in [1.807, 2.05) is 12.1 Å². The number of amides is 1.